The molecule has 0 heterocycles. The largest absolute Gasteiger partial charge is 0.507 e. The van der Waals surface area contributed by atoms with E-state index in [-0.39, 0.29) is 5.76 Å². The fraction of sp³-hybridized carbons (Fsp3) is 0.310. The Morgan fingerprint density at radius 1 is 0.935 bits per heavy atom. The van der Waals surface area contributed by atoms with Gasteiger partial charge in [0.05, 0.1) is 0 Å². The Labute approximate surface area is 188 Å². The first-order chi connectivity index (χ1) is 14.6. The number of fused-ring (bicyclic) bond motifs is 1. The summed E-state index contributed by atoms with van der Waals surface area (Å²) >= 11 is 0. The van der Waals surface area contributed by atoms with E-state index in [1.165, 1.54) is 22.4 Å². The third-order valence-electron chi connectivity index (χ3n) is 4.46. The summed E-state index contributed by atoms with van der Waals surface area (Å²) in [5, 5.41) is 17.2. The summed E-state index contributed by atoms with van der Waals surface area (Å²) in [5.41, 5.74) is 1.87. The van der Waals surface area contributed by atoms with Gasteiger partial charge in [-0.3, -0.25) is 0 Å². The van der Waals surface area contributed by atoms with Gasteiger partial charge in [0.2, 0.25) is 0 Å². The average molecular weight is 418 g/mol. The zero-order valence-electron chi connectivity index (χ0n) is 20.2. The normalized spacial score (nSPS) is 13.3. The molecule has 0 bridgehead atoms. The molecule has 0 saturated carbocycles. The molecule has 3 rings (SSSR count). The fourth-order valence-electron chi connectivity index (χ4n) is 2.88. The fourth-order valence-corrected chi connectivity index (χ4v) is 2.88. The van der Waals surface area contributed by atoms with Crippen molar-refractivity contribution < 1.29 is 5.11 Å². The molecule has 0 amide bonds. The minimum absolute atomic E-state index is 0.226. The van der Waals surface area contributed by atoms with Crippen molar-refractivity contribution in [3.05, 3.63) is 95.4 Å². The minimum atomic E-state index is 0.226. The minimum Gasteiger partial charge on any atom is -0.507 e. The predicted molar refractivity (Wildman–Crippen MR) is 139 cm³/mol. The number of aliphatic hydroxyl groups excluding tert-OH is 1. The molecule has 0 saturated heterocycles. The van der Waals surface area contributed by atoms with Gasteiger partial charge in [-0.05, 0) is 53.9 Å². The molecule has 31 heavy (non-hydrogen) atoms. The van der Waals surface area contributed by atoms with Crippen LogP contribution in [0.4, 0.5) is 0 Å². The Kier molecular flexibility index (Phi) is 10.8. The molecule has 0 spiro atoms. The molecule has 0 aromatic heterocycles. The second-order valence-corrected chi connectivity index (χ2v) is 9.04. The standard InChI is InChI=1S/C13H15N.C11H12O.C5H12/c1-10(14-2)12-9-5-7-11-6-3-4-8-13(11)12;1-3-9-7-5-6-8-10(9)11(12)4-2;1-5(2,3)4/h3-10,14H,1-2H3;3-8,12H,2H2,1H3;1-4H3/b;9-3-,11-10+;. The van der Waals surface area contributed by atoms with Gasteiger partial charge in [-0.1, -0.05) is 107 Å². The molecular formula is C29H39NO. The number of nitrogens with one attached hydrogen (secondary N) is 1. The lowest BCUT2D eigenvalue weighted by Crippen LogP contribution is -2.25. The molecule has 166 valence electrons. The Morgan fingerprint density at radius 3 is 2.06 bits per heavy atom. The second-order valence-electron chi connectivity index (χ2n) is 9.04. The molecule has 0 aliphatic carbocycles. The van der Waals surface area contributed by atoms with Crippen LogP contribution in [-0.2, 0) is 0 Å². The van der Waals surface area contributed by atoms with Crippen LogP contribution < -0.4 is 15.8 Å². The monoisotopic (exact) mass is 417 g/mol. The van der Waals surface area contributed by atoms with E-state index in [1.807, 2.05) is 44.3 Å². The second kappa shape index (κ2) is 12.8. The quantitative estimate of drug-likeness (QED) is 0.509. The summed E-state index contributed by atoms with van der Waals surface area (Å²) in [6, 6.07) is 23.0. The Bertz CT molecular complexity index is 1060. The highest BCUT2D eigenvalue weighted by molar-refractivity contribution is 5.86. The number of rotatable bonds is 3. The SMILES string of the molecule is C=C/C(O)=c1/cccc/c1=C/C.CC(C)(C)C.CNC(C)c1cccc2ccccc12. The van der Waals surface area contributed by atoms with Crippen LogP contribution in [0.5, 0.6) is 0 Å². The van der Waals surface area contributed by atoms with E-state index in [4.69, 9.17) is 0 Å². The molecule has 1 atom stereocenters. The van der Waals surface area contributed by atoms with Gasteiger partial charge in [0.1, 0.15) is 5.76 Å². The first kappa shape index (κ1) is 26.2. The van der Waals surface area contributed by atoms with Gasteiger partial charge in [-0.2, -0.15) is 0 Å². The van der Waals surface area contributed by atoms with E-state index >= 15 is 0 Å². The molecule has 2 nitrogen and oxygen atoms in total. The van der Waals surface area contributed by atoms with Gasteiger partial charge in [0, 0.05) is 11.3 Å². The van der Waals surface area contributed by atoms with Crippen LogP contribution in [0.3, 0.4) is 0 Å². The molecule has 0 fully saturated rings. The zero-order chi connectivity index (χ0) is 23.4. The van der Waals surface area contributed by atoms with Crippen molar-refractivity contribution in [1.29, 1.82) is 0 Å². The van der Waals surface area contributed by atoms with Crippen LogP contribution in [0.15, 0.2) is 79.4 Å². The predicted octanol–water partition coefficient (Wildman–Crippen LogP) is 6.51. The topological polar surface area (TPSA) is 32.3 Å². The van der Waals surface area contributed by atoms with Crippen LogP contribution in [0.25, 0.3) is 22.6 Å². The summed E-state index contributed by atoms with van der Waals surface area (Å²) < 4.78 is 0. The maximum atomic E-state index is 9.42. The molecule has 3 aromatic carbocycles. The summed E-state index contributed by atoms with van der Waals surface area (Å²) in [7, 11) is 1.99. The molecule has 0 aliphatic rings. The van der Waals surface area contributed by atoms with E-state index in [1.54, 1.807) is 0 Å². The smallest absolute Gasteiger partial charge is 0.122 e. The number of aliphatic hydroxyl groups is 1. The van der Waals surface area contributed by atoms with Gasteiger partial charge in [0.15, 0.2) is 0 Å². The lowest BCUT2D eigenvalue weighted by atomic mass is 10.00. The molecule has 1 unspecified atom stereocenters. The van der Waals surface area contributed by atoms with Gasteiger partial charge in [-0.15, -0.1) is 0 Å². The van der Waals surface area contributed by atoms with Gasteiger partial charge in [0.25, 0.3) is 0 Å². The van der Waals surface area contributed by atoms with E-state index in [0.717, 1.165) is 10.4 Å². The molecular weight excluding hydrogens is 378 g/mol. The summed E-state index contributed by atoms with van der Waals surface area (Å²) in [6.45, 7) is 16.4. The van der Waals surface area contributed by atoms with Crippen molar-refractivity contribution >= 4 is 22.6 Å². The highest BCUT2D eigenvalue weighted by Gasteiger charge is 2.05. The van der Waals surface area contributed by atoms with E-state index in [2.05, 4.69) is 89.0 Å². The first-order valence-corrected chi connectivity index (χ1v) is 10.8. The molecule has 2 heteroatoms. The first-order valence-electron chi connectivity index (χ1n) is 10.8. The van der Waals surface area contributed by atoms with Crippen LogP contribution in [0.2, 0.25) is 0 Å². The molecule has 2 N–H and O–H groups in total. The van der Waals surface area contributed by atoms with E-state index in [9.17, 15) is 5.11 Å². The van der Waals surface area contributed by atoms with E-state index < -0.39 is 0 Å². The molecule has 0 aliphatic heterocycles. The van der Waals surface area contributed by atoms with Crippen molar-refractivity contribution in [2.75, 3.05) is 7.05 Å². The third-order valence-corrected chi connectivity index (χ3v) is 4.46. The highest BCUT2D eigenvalue weighted by atomic mass is 16.3. The van der Waals surface area contributed by atoms with Crippen molar-refractivity contribution in [3.8, 4) is 0 Å². The lowest BCUT2D eigenvalue weighted by molar-refractivity contribution is 0.469. The molecule has 3 aromatic rings. The van der Waals surface area contributed by atoms with Crippen LogP contribution in [-0.4, -0.2) is 12.2 Å². The Balaban J connectivity index is 0.000000259. The third kappa shape index (κ3) is 9.23. The Hall–Kier alpha value is -2.84. The van der Waals surface area contributed by atoms with Crippen LogP contribution in [0.1, 0.15) is 53.1 Å². The average Bonchev–Trinajstić information content (AvgIpc) is 2.76. The van der Waals surface area contributed by atoms with Crippen molar-refractivity contribution in [2.24, 2.45) is 5.41 Å². The number of hydrogen-bond donors (Lipinski definition) is 2. The van der Waals surface area contributed by atoms with Crippen LogP contribution in [0, 0.1) is 5.41 Å². The maximum Gasteiger partial charge on any atom is 0.122 e. The zero-order valence-corrected chi connectivity index (χ0v) is 20.2. The highest BCUT2D eigenvalue weighted by Crippen LogP contribution is 2.23. The van der Waals surface area contributed by atoms with Crippen molar-refractivity contribution in [1.82, 2.24) is 5.32 Å². The van der Waals surface area contributed by atoms with Gasteiger partial charge >= 0.3 is 0 Å². The van der Waals surface area contributed by atoms with E-state index in [0.29, 0.717) is 11.5 Å². The molecule has 0 radical (unpaired) electrons. The summed E-state index contributed by atoms with van der Waals surface area (Å²) in [6.07, 6.45) is 3.40. The Morgan fingerprint density at radius 2 is 1.48 bits per heavy atom. The lowest BCUT2D eigenvalue weighted by Gasteiger charge is -2.13. The van der Waals surface area contributed by atoms with Gasteiger partial charge < -0.3 is 10.4 Å². The maximum absolute atomic E-state index is 9.42. The summed E-state index contributed by atoms with van der Waals surface area (Å²) in [5.74, 6) is 0.226. The van der Waals surface area contributed by atoms with Crippen molar-refractivity contribution in [2.45, 2.75) is 47.6 Å². The van der Waals surface area contributed by atoms with Crippen molar-refractivity contribution in [3.63, 3.8) is 0 Å². The van der Waals surface area contributed by atoms with Gasteiger partial charge in [-0.25, -0.2) is 0 Å². The van der Waals surface area contributed by atoms with Crippen LogP contribution >= 0.6 is 0 Å². The number of hydrogen-bond acceptors (Lipinski definition) is 2. The summed E-state index contributed by atoms with van der Waals surface area (Å²) in [4.78, 5) is 0. The number of benzene rings is 3.